The summed E-state index contributed by atoms with van der Waals surface area (Å²) in [4.78, 5) is 30.7. The van der Waals surface area contributed by atoms with Crippen LogP contribution < -0.4 is 10.6 Å². The first kappa shape index (κ1) is 18.2. The van der Waals surface area contributed by atoms with E-state index in [1.54, 1.807) is 43.6 Å². The van der Waals surface area contributed by atoms with Gasteiger partial charge < -0.3 is 15.5 Å². The molecule has 128 valence electrons. The highest BCUT2D eigenvalue weighted by Crippen LogP contribution is 2.22. The molecule has 2 N–H and O–H groups in total. The molecule has 1 heterocycles. The van der Waals surface area contributed by atoms with Crippen molar-refractivity contribution in [1.82, 2.24) is 15.2 Å². The van der Waals surface area contributed by atoms with Gasteiger partial charge in [0, 0.05) is 24.7 Å². The van der Waals surface area contributed by atoms with E-state index >= 15 is 0 Å². The van der Waals surface area contributed by atoms with Gasteiger partial charge in [-0.25, -0.2) is 9.78 Å². The van der Waals surface area contributed by atoms with Gasteiger partial charge in [-0.15, -0.1) is 11.3 Å². The molecule has 0 bridgehead atoms. The van der Waals surface area contributed by atoms with Crippen LogP contribution in [0.4, 0.5) is 10.5 Å². The minimum absolute atomic E-state index is 0.188. The van der Waals surface area contributed by atoms with Gasteiger partial charge in [-0.2, -0.15) is 0 Å². The number of halogens is 1. The number of urea groups is 1. The Morgan fingerprint density at radius 3 is 2.54 bits per heavy atom. The van der Waals surface area contributed by atoms with Crippen LogP contribution >= 0.6 is 22.9 Å². The zero-order chi connectivity index (χ0) is 17.9. The minimum atomic E-state index is -0.344. The van der Waals surface area contributed by atoms with Gasteiger partial charge >= 0.3 is 6.03 Å². The zero-order valence-corrected chi connectivity index (χ0v) is 15.5. The highest BCUT2D eigenvalue weighted by Gasteiger charge is 2.13. The number of amides is 3. The third kappa shape index (κ3) is 4.46. The summed E-state index contributed by atoms with van der Waals surface area (Å²) < 4.78 is 0. The second-order valence-corrected chi connectivity index (χ2v) is 7.14. The van der Waals surface area contributed by atoms with Gasteiger partial charge in [0.15, 0.2) is 0 Å². The fourth-order valence-corrected chi connectivity index (χ4v) is 3.22. The maximum absolute atomic E-state index is 12.0. The predicted molar refractivity (Wildman–Crippen MR) is 96.9 cm³/mol. The van der Waals surface area contributed by atoms with Crippen molar-refractivity contribution in [3.05, 3.63) is 44.4 Å². The van der Waals surface area contributed by atoms with Crippen LogP contribution in [0.1, 0.15) is 25.9 Å². The lowest BCUT2D eigenvalue weighted by atomic mass is 10.2. The summed E-state index contributed by atoms with van der Waals surface area (Å²) in [5, 5.41) is 6.74. The smallest absolute Gasteiger partial charge is 0.319 e. The minimum Gasteiger partial charge on any atom is -0.345 e. The molecule has 6 nitrogen and oxygen atoms in total. The Labute approximate surface area is 149 Å². The molecule has 2 aromatic rings. The third-order valence-electron chi connectivity index (χ3n) is 3.27. The summed E-state index contributed by atoms with van der Waals surface area (Å²) >= 11 is 7.68. The molecule has 0 unspecified atom stereocenters. The number of anilines is 1. The summed E-state index contributed by atoms with van der Waals surface area (Å²) in [5.74, 6) is -0.188. The molecule has 1 aromatic carbocycles. The number of aryl methyl sites for hydroxylation is 2. The molecule has 0 radical (unpaired) electrons. The Morgan fingerprint density at radius 2 is 2.00 bits per heavy atom. The van der Waals surface area contributed by atoms with Gasteiger partial charge in [-0.1, -0.05) is 11.6 Å². The number of benzene rings is 1. The van der Waals surface area contributed by atoms with Crippen LogP contribution in [0.15, 0.2) is 18.2 Å². The van der Waals surface area contributed by atoms with Gasteiger partial charge in [-0.3, -0.25) is 4.79 Å². The Balaban J connectivity index is 1.98. The van der Waals surface area contributed by atoms with Crippen LogP contribution in [0, 0.1) is 13.8 Å². The molecule has 0 atom stereocenters. The van der Waals surface area contributed by atoms with E-state index in [-0.39, 0.29) is 11.9 Å². The van der Waals surface area contributed by atoms with Crippen LogP contribution in [-0.2, 0) is 6.54 Å². The molecule has 0 aliphatic heterocycles. The maximum Gasteiger partial charge on any atom is 0.319 e. The first-order valence-corrected chi connectivity index (χ1v) is 8.46. The number of nitrogens with one attached hydrogen (secondary N) is 2. The zero-order valence-electron chi connectivity index (χ0n) is 13.9. The summed E-state index contributed by atoms with van der Waals surface area (Å²) in [6.07, 6.45) is 0. The van der Waals surface area contributed by atoms with E-state index in [2.05, 4.69) is 15.6 Å². The quantitative estimate of drug-likeness (QED) is 0.870. The number of rotatable bonds is 4. The first-order chi connectivity index (χ1) is 11.3. The number of thiazole rings is 1. The first-order valence-electron chi connectivity index (χ1n) is 7.27. The molecule has 1 aromatic heterocycles. The molecule has 2 rings (SSSR count). The standard InChI is InChI=1S/C16H19ClN4O2S/c1-9-14(24-10(2)19-9)8-18-16(23)20-11-5-6-12(13(17)7-11)15(22)21(3)4/h5-7H,8H2,1-4H3,(H2,18,20,23). The van der Waals surface area contributed by atoms with E-state index in [0.717, 1.165) is 15.6 Å². The summed E-state index contributed by atoms with van der Waals surface area (Å²) in [6, 6.07) is 4.45. The topological polar surface area (TPSA) is 74.3 Å². The summed E-state index contributed by atoms with van der Waals surface area (Å²) in [6.45, 7) is 4.26. The van der Waals surface area contributed by atoms with Crippen molar-refractivity contribution >= 4 is 40.6 Å². The second kappa shape index (κ2) is 7.63. The monoisotopic (exact) mass is 366 g/mol. The number of carbonyl (C=O) groups excluding carboxylic acids is 2. The largest absolute Gasteiger partial charge is 0.345 e. The molecular weight excluding hydrogens is 348 g/mol. The SMILES string of the molecule is Cc1nc(C)c(CNC(=O)Nc2ccc(C(=O)N(C)C)c(Cl)c2)s1. The highest BCUT2D eigenvalue weighted by atomic mass is 35.5. The molecule has 0 saturated heterocycles. The molecule has 0 spiro atoms. The van der Waals surface area contributed by atoms with Gasteiger partial charge in [0.25, 0.3) is 5.91 Å². The Morgan fingerprint density at radius 1 is 1.29 bits per heavy atom. The molecule has 0 saturated carbocycles. The molecule has 0 fully saturated rings. The number of hydrogen-bond donors (Lipinski definition) is 2. The highest BCUT2D eigenvalue weighted by molar-refractivity contribution is 7.11. The number of hydrogen-bond acceptors (Lipinski definition) is 4. The molecular formula is C16H19ClN4O2S. The van der Waals surface area contributed by atoms with Crippen LogP contribution in [0.25, 0.3) is 0 Å². The van der Waals surface area contributed by atoms with Crippen molar-refractivity contribution in [2.24, 2.45) is 0 Å². The van der Waals surface area contributed by atoms with E-state index < -0.39 is 0 Å². The average molecular weight is 367 g/mol. The summed E-state index contributed by atoms with van der Waals surface area (Å²) in [7, 11) is 3.31. The third-order valence-corrected chi connectivity index (χ3v) is 4.66. The van der Waals surface area contributed by atoms with Crippen LogP contribution in [0.2, 0.25) is 5.02 Å². The van der Waals surface area contributed by atoms with Gasteiger partial charge in [0.05, 0.1) is 27.8 Å². The lowest BCUT2D eigenvalue weighted by Gasteiger charge is -2.13. The van der Waals surface area contributed by atoms with E-state index in [9.17, 15) is 9.59 Å². The lowest BCUT2D eigenvalue weighted by Crippen LogP contribution is -2.28. The van der Waals surface area contributed by atoms with Crippen molar-refractivity contribution in [3.63, 3.8) is 0 Å². The van der Waals surface area contributed by atoms with E-state index in [4.69, 9.17) is 11.6 Å². The number of carbonyl (C=O) groups is 2. The second-order valence-electron chi connectivity index (χ2n) is 5.44. The Hall–Kier alpha value is -2.12. The molecule has 0 aliphatic rings. The normalized spacial score (nSPS) is 10.4. The summed E-state index contributed by atoms with van der Waals surface area (Å²) in [5.41, 5.74) is 1.83. The van der Waals surface area contributed by atoms with Crippen LogP contribution in [-0.4, -0.2) is 35.9 Å². The predicted octanol–water partition coefficient (Wildman–Crippen LogP) is 3.44. The number of aromatic nitrogens is 1. The average Bonchev–Trinajstić information content (AvgIpc) is 2.82. The Bertz CT molecular complexity index is 773. The van der Waals surface area contributed by atoms with E-state index in [1.165, 1.54) is 4.90 Å². The van der Waals surface area contributed by atoms with Gasteiger partial charge in [-0.05, 0) is 32.0 Å². The fraction of sp³-hybridized carbons (Fsp3) is 0.312. The van der Waals surface area contributed by atoms with Crippen molar-refractivity contribution in [2.45, 2.75) is 20.4 Å². The fourth-order valence-electron chi connectivity index (χ4n) is 2.08. The van der Waals surface area contributed by atoms with Crippen LogP contribution in [0.3, 0.4) is 0 Å². The van der Waals surface area contributed by atoms with Gasteiger partial charge in [0.2, 0.25) is 0 Å². The van der Waals surface area contributed by atoms with Crippen molar-refractivity contribution in [3.8, 4) is 0 Å². The molecule has 0 aliphatic carbocycles. The molecule has 8 heteroatoms. The Kier molecular flexibility index (Phi) is 5.80. The lowest BCUT2D eigenvalue weighted by molar-refractivity contribution is 0.0828. The van der Waals surface area contributed by atoms with E-state index in [0.29, 0.717) is 22.8 Å². The van der Waals surface area contributed by atoms with Crippen molar-refractivity contribution < 1.29 is 9.59 Å². The molecule has 3 amide bonds. The van der Waals surface area contributed by atoms with Crippen LogP contribution in [0.5, 0.6) is 0 Å². The van der Waals surface area contributed by atoms with Gasteiger partial charge in [0.1, 0.15) is 0 Å². The number of nitrogens with zero attached hydrogens (tertiary/aromatic N) is 2. The van der Waals surface area contributed by atoms with E-state index in [1.807, 2.05) is 13.8 Å². The molecule has 24 heavy (non-hydrogen) atoms. The maximum atomic E-state index is 12.0. The van der Waals surface area contributed by atoms with Crippen molar-refractivity contribution in [1.29, 1.82) is 0 Å². The van der Waals surface area contributed by atoms with Crippen molar-refractivity contribution in [2.75, 3.05) is 19.4 Å².